The summed E-state index contributed by atoms with van der Waals surface area (Å²) in [6, 6.07) is 9.36. The monoisotopic (exact) mass is 216 g/mol. The molecule has 0 aliphatic heterocycles. The molecule has 2 unspecified atom stereocenters. The molecule has 2 aliphatic rings. The highest BCUT2D eigenvalue weighted by molar-refractivity contribution is 5.36. The molecule has 2 nitrogen and oxygen atoms in total. The number of hydrazine groups is 1. The summed E-state index contributed by atoms with van der Waals surface area (Å²) < 4.78 is 0. The van der Waals surface area contributed by atoms with E-state index in [4.69, 9.17) is 5.84 Å². The quantitative estimate of drug-likeness (QED) is 0.601. The van der Waals surface area contributed by atoms with Gasteiger partial charge in [-0.3, -0.25) is 11.3 Å². The highest BCUT2D eigenvalue weighted by atomic mass is 15.2. The molecule has 0 saturated heterocycles. The normalized spacial score (nSPS) is 26.2. The summed E-state index contributed by atoms with van der Waals surface area (Å²) in [5.41, 5.74) is 6.16. The second-order valence-corrected chi connectivity index (χ2v) is 5.23. The van der Waals surface area contributed by atoms with Crippen molar-refractivity contribution >= 4 is 0 Å². The minimum atomic E-state index is 0.498. The molecule has 0 radical (unpaired) electrons. The van der Waals surface area contributed by atoms with Crippen LogP contribution in [0.4, 0.5) is 0 Å². The number of aryl methyl sites for hydroxylation is 1. The van der Waals surface area contributed by atoms with Crippen LogP contribution in [0.1, 0.15) is 42.7 Å². The van der Waals surface area contributed by atoms with E-state index in [2.05, 4.69) is 29.7 Å². The zero-order valence-corrected chi connectivity index (χ0v) is 9.65. The summed E-state index contributed by atoms with van der Waals surface area (Å²) >= 11 is 0. The van der Waals surface area contributed by atoms with Crippen LogP contribution in [0.5, 0.6) is 0 Å². The second kappa shape index (κ2) is 4.19. The van der Waals surface area contributed by atoms with Gasteiger partial charge in [-0.2, -0.15) is 0 Å². The van der Waals surface area contributed by atoms with E-state index in [1.165, 1.54) is 43.2 Å². The molecule has 1 aromatic rings. The molecular formula is C14H20N2. The lowest BCUT2D eigenvalue weighted by molar-refractivity contribution is 0.203. The van der Waals surface area contributed by atoms with E-state index in [1.807, 2.05) is 0 Å². The Hall–Kier alpha value is -0.860. The average molecular weight is 216 g/mol. The average Bonchev–Trinajstić information content (AvgIpc) is 2.67. The van der Waals surface area contributed by atoms with Crippen molar-refractivity contribution in [3.8, 4) is 0 Å². The number of rotatable bonds is 3. The minimum Gasteiger partial charge on any atom is -0.271 e. The molecule has 2 atom stereocenters. The standard InChI is InChI=1S/C14H20N2/c15-16-14(11-5-3-6-11)13-9-8-10-4-1-2-7-12(10)13/h1-2,4,7,11,13-14,16H,3,5-6,8-9,15H2. The second-order valence-electron chi connectivity index (χ2n) is 5.23. The SMILES string of the molecule is NNC(C1CCC1)C1CCc2ccccc21. The van der Waals surface area contributed by atoms with Crippen molar-refractivity contribution in [2.45, 2.75) is 44.1 Å². The van der Waals surface area contributed by atoms with Gasteiger partial charge in [0, 0.05) is 12.0 Å². The fraction of sp³-hybridized carbons (Fsp3) is 0.571. The van der Waals surface area contributed by atoms with Gasteiger partial charge in [-0.05, 0) is 42.7 Å². The van der Waals surface area contributed by atoms with Crippen LogP contribution in [-0.4, -0.2) is 6.04 Å². The molecule has 0 heterocycles. The summed E-state index contributed by atoms with van der Waals surface area (Å²) in [7, 11) is 0. The van der Waals surface area contributed by atoms with Crippen LogP contribution in [0, 0.1) is 5.92 Å². The van der Waals surface area contributed by atoms with E-state index in [1.54, 1.807) is 0 Å². The largest absolute Gasteiger partial charge is 0.271 e. The Kier molecular flexibility index (Phi) is 2.70. The Morgan fingerprint density at radius 2 is 2.00 bits per heavy atom. The maximum Gasteiger partial charge on any atom is 0.0307 e. The zero-order valence-electron chi connectivity index (χ0n) is 9.65. The molecule has 2 heteroatoms. The van der Waals surface area contributed by atoms with Crippen LogP contribution in [-0.2, 0) is 6.42 Å². The first-order valence-corrected chi connectivity index (χ1v) is 6.44. The minimum absolute atomic E-state index is 0.498. The van der Waals surface area contributed by atoms with Gasteiger partial charge in [0.15, 0.2) is 0 Å². The van der Waals surface area contributed by atoms with Crippen LogP contribution in [0.25, 0.3) is 0 Å². The Labute approximate surface area is 97.2 Å². The van der Waals surface area contributed by atoms with Gasteiger partial charge in [0.1, 0.15) is 0 Å². The van der Waals surface area contributed by atoms with Crippen LogP contribution >= 0.6 is 0 Å². The van der Waals surface area contributed by atoms with Gasteiger partial charge in [0.2, 0.25) is 0 Å². The fourth-order valence-corrected chi connectivity index (χ4v) is 3.34. The predicted octanol–water partition coefficient (Wildman–Crippen LogP) is 2.35. The number of fused-ring (bicyclic) bond motifs is 1. The van der Waals surface area contributed by atoms with E-state index in [-0.39, 0.29) is 0 Å². The molecule has 16 heavy (non-hydrogen) atoms. The van der Waals surface area contributed by atoms with Crippen LogP contribution in [0.3, 0.4) is 0 Å². The van der Waals surface area contributed by atoms with Crippen LogP contribution < -0.4 is 11.3 Å². The Balaban J connectivity index is 1.84. The van der Waals surface area contributed by atoms with Gasteiger partial charge < -0.3 is 0 Å². The van der Waals surface area contributed by atoms with Gasteiger partial charge in [0.05, 0.1) is 0 Å². The summed E-state index contributed by atoms with van der Waals surface area (Å²) in [6.45, 7) is 0. The van der Waals surface area contributed by atoms with Gasteiger partial charge in [-0.1, -0.05) is 30.7 Å². The molecule has 0 bridgehead atoms. The van der Waals surface area contributed by atoms with Crippen molar-refractivity contribution in [2.75, 3.05) is 0 Å². The van der Waals surface area contributed by atoms with E-state index < -0.39 is 0 Å². The van der Waals surface area contributed by atoms with E-state index >= 15 is 0 Å². The molecule has 86 valence electrons. The van der Waals surface area contributed by atoms with Crippen molar-refractivity contribution < 1.29 is 0 Å². The van der Waals surface area contributed by atoms with Crippen molar-refractivity contribution in [3.05, 3.63) is 35.4 Å². The molecular weight excluding hydrogens is 196 g/mol. The maximum absolute atomic E-state index is 5.77. The number of benzene rings is 1. The first kappa shape index (κ1) is 10.3. The lowest BCUT2D eigenvalue weighted by Gasteiger charge is -2.37. The van der Waals surface area contributed by atoms with E-state index in [9.17, 15) is 0 Å². The molecule has 1 saturated carbocycles. The molecule has 3 rings (SSSR count). The number of nitrogens with one attached hydrogen (secondary N) is 1. The lowest BCUT2D eigenvalue weighted by atomic mass is 9.74. The van der Waals surface area contributed by atoms with Gasteiger partial charge >= 0.3 is 0 Å². The third-order valence-corrected chi connectivity index (χ3v) is 4.46. The highest BCUT2D eigenvalue weighted by Crippen LogP contribution is 2.42. The van der Waals surface area contributed by atoms with Crippen molar-refractivity contribution in [3.63, 3.8) is 0 Å². The lowest BCUT2D eigenvalue weighted by Crippen LogP contribution is -2.46. The van der Waals surface area contributed by atoms with E-state index in [0.29, 0.717) is 12.0 Å². The predicted molar refractivity (Wildman–Crippen MR) is 66.0 cm³/mol. The summed E-state index contributed by atoms with van der Waals surface area (Å²) in [5.74, 6) is 7.22. The molecule has 0 spiro atoms. The fourth-order valence-electron chi connectivity index (χ4n) is 3.34. The van der Waals surface area contributed by atoms with Gasteiger partial charge in [0.25, 0.3) is 0 Å². The Morgan fingerprint density at radius 3 is 2.69 bits per heavy atom. The molecule has 0 aromatic heterocycles. The number of hydrogen-bond donors (Lipinski definition) is 2. The third kappa shape index (κ3) is 1.57. The Bertz CT molecular complexity index is 371. The molecule has 2 aliphatic carbocycles. The zero-order chi connectivity index (χ0) is 11.0. The number of hydrogen-bond acceptors (Lipinski definition) is 2. The molecule has 1 fully saturated rings. The molecule has 3 N–H and O–H groups in total. The summed E-state index contributed by atoms with van der Waals surface area (Å²) in [4.78, 5) is 0. The van der Waals surface area contributed by atoms with Gasteiger partial charge in [-0.15, -0.1) is 0 Å². The van der Waals surface area contributed by atoms with Crippen molar-refractivity contribution in [1.82, 2.24) is 5.43 Å². The summed E-state index contributed by atoms with van der Waals surface area (Å²) in [5, 5.41) is 0. The van der Waals surface area contributed by atoms with Crippen molar-refractivity contribution in [2.24, 2.45) is 11.8 Å². The highest BCUT2D eigenvalue weighted by Gasteiger charge is 2.36. The first-order chi connectivity index (χ1) is 7.90. The molecule has 1 aromatic carbocycles. The topological polar surface area (TPSA) is 38.0 Å². The summed E-state index contributed by atoms with van der Waals surface area (Å²) in [6.07, 6.45) is 6.59. The van der Waals surface area contributed by atoms with E-state index in [0.717, 1.165) is 5.92 Å². The Morgan fingerprint density at radius 1 is 1.19 bits per heavy atom. The first-order valence-electron chi connectivity index (χ1n) is 6.44. The maximum atomic E-state index is 5.77. The number of nitrogens with two attached hydrogens (primary N) is 1. The van der Waals surface area contributed by atoms with Crippen molar-refractivity contribution in [1.29, 1.82) is 0 Å². The van der Waals surface area contributed by atoms with Crippen LogP contribution in [0.2, 0.25) is 0 Å². The third-order valence-electron chi connectivity index (χ3n) is 4.46. The smallest absolute Gasteiger partial charge is 0.0307 e. The molecule has 0 amide bonds. The van der Waals surface area contributed by atoms with Crippen LogP contribution in [0.15, 0.2) is 24.3 Å². The van der Waals surface area contributed by atoms with Gasteiger partial charge in [-0.25, -0.2) is 0 Å².